The van der Waals surface area contributed by atoms with Gasteiger partial charge in [0.2, 0.25) is 5.91 Å². The molecule has 0 aliphatic rings. The van der Waals surface area contributed by atoms with Crippen molar-refractivity contribution in [3.8, 4) is 0 Å². The molecule has 25 heavy (non-hydrogen) atoms. The van der Waals surface area contributed by atoms with Crippen LogP contribution in [0.4, 0.5) is 0 Å². The van der Waals surface area contributed by atoms with Crippen molar-refractivity contribution in [1.82, 2.24) is 10.6 Å². The number of rotatable bonds is 12. The maximum absolute atomic E-state index is 11.1. The van der Waals surface area contributed by atoms with Crippen molar-refractivity contribution in [2.75, 3.05) is 33.4 Å². The van der Waals surface area contributed by atoms with Crippen molar-refractivity contribution in [3.05, 3.63) is 0 Å². The summed E-state index contributed by atoms with van der Waals surface area (Å²) in [5, 5.41) is 23.1. The van der Waals surface area contributed by atoms with E-state index in [1.54, 1.807) is 7.05 Å². The van der Waals surface area contributed by atoms with Crippen molar-refractivity contribution in [2.24, 2.45) is 0 Å². The monoisotopic (exact) mass is 362 g/mol. The molecule has 0 aromatic rings. The standard InChI is InChI=1S/C10H20N2O3.C6H10O4/c1-9(13)4-7-15-8-6-12-10(14)3-5-11-2;1-3(7)5(9)6(10)4(2)8/h11H,3-8H2,1-2H3,(H,12,14);5-6,9-10H,1-2H3. The molecule has 0 aliphatic heterocycles. The number of hydrogen-bond acceptors (Lipinski definition) is 8. The molecule has 0 spiro atoms. The Balaban J connectivity index is 0. The van der Waals surface area contributed by atoms with Crippen LogP contribution in [-0.4, -0.2) is 79.0 Å². The molecule has 146 valence electrons. The Morgan fingerprint density at radius 1 is 0.880 bits per heavy atom. The van der Waals surface area contributed by atoms with Gasteiger partial charge in [0.15, 0.2) is 11.6 Å². The van der Waals surface area contributed by atoms with E-state index in [4.69, 9.17) is 14.9 Å². The fraction of sp³-hybridized carbons (Fsp3) is 0.750. The van der Waals surface area contributed by atoms with Crippen LogP contribution in [0, 0.1) is 0 Å². The van der Waals surface area contributed by atoms with Gasteiger partial charge in [0.1, 0.15) is 18.0 Å². The Labute approximate surface area is 148 Å². The predicted octanol–water partition coefficient (Wildman–Crippen LogP) is -1.41. The summed E-state index contributed by atoms with van der Waals surface area (Å²) in [5.74, 6) is -1.09. The Morgan fingerprint density at radius 2 is 1.40 bits per heavy atom. The summed E-state index contributed by atoms with van der Waals surface area (Å²) >= 11 is 0. The molecule has 9 heteroatoms. The molecule has 0 fully saturated rings. The van der Waals surface area contributed by atoms with Crippen molar-refractivity contribution in [1.29, 1.82) is 0 Å². The molecular formula is C16H30N2O7. The Hall–Kier alpha value is -1.68. The lowest BCUT2D eigenvalue weighted by Gasteiger charge is -2.10. The van der Waals surface area contributed by atoms with E-state index in [0.29, 0.717) is 39.1 Å². The molecule has 1 amide bonds. The molecule has 9 nitrogen and oxygen atoms in total. The van der Waals surface area contributed by atoms with Crippen LogP contribution >= 0.6 is 0 Å². The molecule has 0 heterocycles. The van der Waals surface area contributed by atoms with E-state index >= 15 is 0 Å². The molecule has 0 bridgehead atoms. The van der Waals surface area contributed by atoms with E-state index in [0.717, 1.165) is 13.8 Å². The van der Waals surface area contributed by atoms with Crippen LogP contribution in [0.5, 0.6) is 0 Å². The second-order valence-corrected chi connectivity index (χ2v) is 5.38. The van der Waals surface area contributed by atoms with Crippen molar-refractivity contribution >= 4 is 23.3 Å². The Kier molecular flexibility index (Phi) is 16.2. The second kappa shape index (κ2) is 15.8. The van der Waals surface area contributed by atoms with Gasteiger partial charge >= 0.3 is 0 Å². The van der Waals surface area contributed by atoms with Gasteiger partial charge in [-0.25, -0.2) is 0 Å². The van der Waals surface area contributed by atoms with Crippen LogP contribution < -0.4 is 10.6 Å². The number of aliphatic hydroxyl groups excluding tert-OH is 2. The van der Waals surface area contributed by atoms with Crippen LogP contribution in [0.1, 0.15) is 33.6 Å². The average Bonchev–Trinajstić information content (AvgIpc) is 2.54. The summed E-state index contributed by atoms with van der Waals surface area (Å²) in [5.41, 5.74) is 0. The average molecular weight is 362 g/mol. The van der Waals surface area contributed by atoms with Gasteiger partial charge < -0.3 is 25.6 Å². The zero-order valence-electron chi connectivity index (χ0n) is 15.3. The van der Waals surface area contributed by atoms with E-state index < -0.39 is 23.8 Å². The Morgan fingerprint density at radius 3 is 1.80 bits per heavy atom. The number of ether oxygens (including phenoxy) is 1. The summed E-state index contributed by atoms with van der Waals surface area (Å²) < 4.78 is 5.15. The van der Waals surface area contributed by atoms with Gasteiger partial charge in [-0.3, -0.25) is 19.2 Å². The molecule has 0 aromatic carbocycles. The number of carbonyl (C=O) groups is 4. The maximum atomic E-state index is 11.1. The molecular weight excluding hydrogens is 332 g/mol. The minimum atomic E-state index is -1.57. The Bertz CT molecular complexity index is 409. The quantitative estimate of drug-likeness (QED) is 0.310. The highest BCUT2D eigenvalue weighted by Crippen LogP contribution is 1.95. The van der Waals surface area contributed by atoms with Gasteiger partial charge in [-0.05, 0) is 27.8 Å². The van der Waals surface area contributed by atoms with E-state index in [2.05, 4.69) is 10.6 Å². The van der Waals surface area contributed by atoms with E-state index in [9.17, 15) is 19.2 Å². The molecule has 2 atom stereocenters. The zero-order valence-corrected chi connectivity index (χ0v) is 15.3. The van der Waals surface area contributed by atoms with Gasteiger partial charge in [-0.15, -0.1) is 0 Å². The summed E-state index contributed by atoms with van der Waals surface area (Å²) in [7, 11) is 1.80. The largest absolute Gasteiger partial charge is 0.382 e. The van der Waals surface area contributed by atoms with Gasteiger partial charge in [-0.1, -0.05) is 0 Å². The van der Waals surface area contributed by atoms with Crippen molar-refractivity contribution in [3.63, 3.8) is 0 Å². The topological polar surface area (TPSA) is 142 Å². The number of carbonyl (C=O) groups excluding carboxylic acids is 4. The summed E-state index contributed by atoms with van der Waals surface area (Å²) in [4.78, 5) is 42.3. The van der Waals surface area contributed by atoms with E-state index in [1.807, 2.05) is 0 Å². The fourth-order valence-corrected chi connectivity index (χ4v) is 1.35. The number of amides is 1. The molecule has 0 rings (SSSR count). The van der Waals surface area contributed by atoms with Gasteiger partial charge in [0, 0.05) is 25.9 Å². The number of ketones is 3. The fourth-order valence-electron chi connectivity index (χ4n) is 1.35. The minimum absolute atomic E-state index is 0.0134. The van der Waals surface area contributed by atoms with Gasteiger partial charge in [0.25, 0.3) is 0 Å². The molecule has 0 radical (unpaired) electrons. The number of Topliss-reactive ketones (excluding diaryl/α,β-unsaturated/α-hetero) is 3. The zero-order chi connectivity index (χ0) is 19.8. The van der Waals surface area contributed by atoms with Crippen LogP contribution in [0.15, 0.2) is 0 Å². The van der Waals surface area contributed by atoms with Crippen LogP contribution in [0.2, 0.25) is 0 Å². The van der Waals surface area contributed by atoms with Crippen LogP contribution in [0.25, 0.3) is 0 Å². The SMILES string of the molecule is CC(=O)C(O)C(O)C(C)=O.CNCCC(=O)NCCOCCC(C)=O. The first-order chi connectivity index (χ1) is 11.6. The number of nitrogens with one attached hydrogen (secondary N) is 2. The van der Waals surface area contributed by atoms with Crippen molar-refractivity contribution < 1.29 is 34.1 Å². The van der Waals surface area contributed by atoms with Crippen LogP contribution in [0.3, 0.4) is 0 Å². The third-order valence-corrected chi connectivity index (χ3v) is 2.90. The van der Waals surface area contributed by atoms with Crippen LogP contribution in [-0.2, 0) is 23.9 Å². The summed E-state index contributed by atoms with van der Waals surface area (Å²) in [6.07, 6.45) is -2.23. The molecule has 0 saturated heterocycles. The highest BCUT2D eigenvalue weighted by atomic mass is 16.5. The number of hydrogen-bond donors (Lipinski definition) is 4. The lowest BCUT2D eigenvalue weighted by molar-refractivity contribution is -0.140. The smallest absolute Gasteiger partial charge is 0.221 e. The highest BCUT2D eigenvalue weighted by molar-refractivity contribution is 5.90. The first-order valence-corrected chi connectivity index (χ1v) is 7.99. The maximum Gasteiger partial charge on any atom is 0.221 e. The second-order valence-electron chi connectivity index (χ2n) is 5.38. The summed E-state index contributed by atoms with van der Waals surface area (Å²) in [6.45, 7) is 5.81. The predicted molar refractivity (Wildman–Crippen MR) is 91.0 cm³/mol. The minimum Gasteiger partial charge on any atom is -0.382 e. The van der Waals surface area contributed by atoms with E-state index in [-0.39, 0.29) is 11.7 Å². The molecule has 0 aromatic heterocycles. The van der Waals surface area contributed by atoms with E-state index in [1.165, 1.54) is 6.92 Å². The number of aliphatic hydroxyl groups is 2. The molecule has 4 N–H and O–H groups in total. The summed E-state index contributed by atoms with van der Waals surface area (Å²) in [6, 6.07) is 0. The molecule has 0 aliphatic carbocycles. The molecule has 2 unspecified atom stereocenters. The lowest BCUT2D eigenvalue weighted by Crippen LogP contribution is -2.37. The normalized spacial score (nSPS) is 12.4. The van der Waals surface area contributed by atoms with Crippen molar-refractivity contribution in [2.45, 2.75) is 45.8 Å². The lowest BCUT2D eigenvalue weighted by atomic mass is 10.1. The highest BCUT2D eigenvalue weighted by Gasteiger charge is 2.23. The first kappa shape index (κ1) is 25.6. The van der Waals surface area contributed by atoms with Gasteiger partial charge in [0.05, 0.1) is 13.2 Å². The third-order valence-electron chi connectivity index (χ3n) is 2.90. The third kappa shape index (κ3) is 16.9. The first-order valence-electron chi connectivity index (χ1n) is 7.99. The molecule has 0 saturated carbocycles. The van der Waals surface area contributed by atoms with Gasteiger partial charge in [-0.2, -0.15) is 0 Å².